The van der Waals surface area contributed by atoms with Gasteiger partial charge in [0.2, 0.25) is 0 Å². The van der Waals surface area contributed by atoms with E-state index < -0.39 is 52.8 Å². The second-order valence-corrected chi connectivity index (χ2v) is 9.48. The Bertz CT molecular complexity index is 1680. The number of thiophene rings is 1. The van der Waals surface area contributed by atoms with Crippen LogP contribution in [0.2, 0.25) is 0 Å². The lowest BCUT2D eigenvalue weighted by Gasteiger charge is -2.17. The molecule has 0 atom stereocenters. The first-order chi connectivity index (χ1) is 18.7. The van der Waals surface area contributed by atoms with Crippen molar-refractivity contribution < 1.29 is 39.9 Å². The van der Waals surface area contributed by atoms with E-state index in [1.165, 1.54) is 24.3 Å². The van der Waals surface area contributed by atoms with Gasteiger partial charge in [-0.25, -0.2) is 8.78 Å². The van der Waals surface area contributed by atoms with Gasteiger partial charge in [-0.15, -0.1) is 11.3 Å². The van der Waals surface area contributed by atoms with E-state index in [-0.39, 0.29) is 38.9 Å². The fraction of sp³-hybridized carbons (Fsp3) is 0.185. The second kappa shape index (κ2) is 10.8. The Hall–Kier alpha value is -4.18. The minimum absolute atomic E-state index is 0.0139. The van der Waals surface area contributed by atoms with Crippen LogP contribution in [0.25, 0.3) is 21.0 Å². The van der Waals surface area contributed by atoms with Gasteiger partial charge in [0, 0.05) is 16.5 Å². The standard InChI is InChI=1S/C27H16F8N2O2S/c1-2-39-18-8-15(7-16(9-18)26(30,31)32)23-5-6-24(40-23)22-11-20(27(33,34)35)19(12-36)25(38)37(22)13-14-3-4-17(28)10-21(14)29/h3-11H,2,13H2,1H3. The molecular weight excluding hydrogens is 568 g/mol. The van der Waals surface area contributed by atoms with Crippen LogP contribution in [0, 0.1) is 23.0 Å². The normalized spacial score (nSPS) is 11.9. The highest BCUT2D eigenvalue weighted by atomic mass is 32.1. The minimum atomic E-state index is -5.10. The third kappa shape index (κ3) is 5.86. The second-order valence-electron chi connectivity index (χ2n) is 8.40. The summed E-state index contributed by atoms with van der Waals surface area (Å²) in [4.78, 5) is 13.3. The Kier molecular flexibility index (Phi) is 7.76. The molecule has 13 heteroatoms. The summed E-state index contributed by atoms with van der Waals surface area (Å²) in [5.41, 5.74) is -5.70. The predicted octanol–water partition coefficient (Wildman–Crippen LogP) is 7.88. The Balaban J connectivity index is 1.93. The molecule has 0 radical (unpaired) electrons. The zero-order valence-electron chi connectivity index (χ0n) is 20.3. The van der Waals surface area contributed by atoms with E-state index in [9.17, 15) is 45.2 Å². The Morgan fingerprint density at radius 1 is 0.925 bits per heavy atom. The molecule has 0 saturated heterocycles. The molecule has 0 saturated carbocycles. The molecule has 2 aromatic carbocycles. The van der Waals surface area contributed by atoms with E-state index in [1.54, 1.807) is 6.92 Å². The van der Waals surface area contributed by atoms with Crippen LogP contribution in [-0.4, -0.2) is 11.2 Å². The minimum Gasteiger partial charge on any atom is -0.494 e. The van der Waals surface area contributed by atoms with Crippen molar-refractivity contribution in [3.8, 4) is 32.8 Å². The first kappa shape index (κ1) is 28.8. The fourth-order valence-corrected chi connectivity index (χ4v) is 4.96. The third-order valence-corrected chi connectivity index (χ3v) is 6.91. The zero-order valence-corrected chi connectivity index (χ0v) is 21.1. The van der Waals surface area contributed by atoms with Gasteiger partial charge in [-0.2, -0.15) is 31.6 Å². The van der Waals surface area contributed by atoms with Crippen molar-refractivity contribution in [1.29, 1.82) is 5.26 Å². The van der Waals surface area contributed by atoms with E-state index >= 15 is 0 Å². The number of nitriles is 1. The smallest absolute Gasteiger partial charge is 0.417 e. The van der Waals surface area contributed by atoms with Crippen molar-refractivity contribution in [1.82, 2.24) is 4.57 Å². The average molecular weight is 584 g/mol. The summed E-state index contributed by atoms with van der Waals surface area (Å²) >= 11 is 0.771. The average Bonchev–Trinajstić information content (AvgIpc) is 3.35. The zero-order chi connectivity index (χ0) is 29.4. The maximum atomic E-state index is 14.4. The van der Waals surface area contributed by atoms with Gasteiger partial charge in [0.05, 0.1) is 34.8 Å². The van der Waals surface area contributed by atoms with E-state index in [0.29, 0.717) is 12.1 Å². The molecule has 0 N–H and O–H groups in total. The van der Waals surface area contributed by atoms with Crippen LogP contribution in [-0.2, 0) is 18.9 Å². The molecule has 0 fully saturated rings. The van der Waals surface area contributed by atoms with Crippen LogP contribution in [0.15, 0.2) is 59.4 Å². The molecule has 0 bridgehead atoms. The lowest BCUT2D eigenvalue weighted by atomic mass is 10.1. The number of benzene rings is 2. The van der Waals surface area contributed by atoms with Gasteiger partial charge in [-0.05, 0) is 55.0 Å². The summed E-state index contributed by atoms with van der Waals surface area (Å²) < 4.78 is 116. The summed E-state index contributed by atoms with van der Waals surface area (Å²) in [6.07, 6.45) is -9.82. The molecule has 2 aromatic heterocycles. The van der Waals surface area contributed by atoms with Gasteiger partial charge in [0.1, 0.15) is 29.0 Å². The number of alkyl halides is 6. The van der Waals surface area contributed by atoms with Gasteiger partial charge in [-0.3, -0.25) is 4.79 Å². The molecule has 0 aliphatic heterocycles. The monoisotopic (exact) mass is 584 g/mol. The highest BCUT2D eigenvalue weighted by Crippen LogP contribution is 2.41. The van der Waals surface area contributed by atoms with Crippen LogP contribution >= 0.6 is 11.3 Å². The van der Waals surface area contributed by atoms with E-state index in [4.69, 9.17) is 4.74 Å². The highest BCUT2D eigenvalue weighted by molar-refractivity contribution is 7.18. The summed E-state index contributed by atoms with van der Waals surface area (Å²) in [6.45, 7) is 1.00. The molecule has 0 unspecified atom stereocenters. The van der Waals surface area contributed by atoms with Crippen LogP contribution in [0.4, 0.5) is 35.1 Å². The molecule has 0 aliphatic rings. The molecule has 2 heterocycles. The molecule has 0 aliphatic carbocycles. The molecule has 4 nitrogen and oxygen atoms in total. The van der Waals surface area contributed by atoms with E-state index in [2.05, 4.69) is 0 Å². The lowest BCUT2D eigenvalue weighted by molar-refractivity contribution is -0.138. The summed E-state index contributed by atoms with van der Waals surface area (Å²) in [5, 5.41) is 9.33. The highest BCUT2D eigenvalue weighted by Gasteiger charge is 2.37. The molecule has 40 heavy (non-hydrogen) atoms. The van der Waals surface area contributed by atoms with Crippen LogP contribution < -0.4 is 10.3 Å². The topological polar surface area (TPSA) is 55.0 Å². The van der Waals surface area contributed by atoms with Crippen molar-refractivity contribution in [2.45, 2.75) is 25.8 Å². The molecule has 208 valence electrons. The Labute approximate surface area is 225 Å². The summed E-state index contributed by atoms with van der Waals surface area (Å²) in [6, 6.07) is 9.85. The summed E-state index contributed by atoms with van der Waals surface area (Å²) in [5.74, 6) is -2.08. The molecule has 0 spiro atoms. The Morgan fingerprint density at radius 3 is 2.23 bits per heavy atom. The molecule has 0 amide bonds. The number of halogens is 8. The van der Waals surface area contributed by atoms with Gasteiger partial charge < -0.3 is 9.30 Å². The quantitative estimate of drug-likeness (QED) is 0.217. The van der Waals surface area contributed by atoms with Gasteiger partial charge in [0.25, 0.3) is 5.56 Å². The van der Waals surface area contributed by atoms with E-state index in [1.807, 2.05) is 0 Å². The first-order valence-electron chi connectivity index (χ1n) is 11.4. The fourth-order valence-electron chi connectivity index (χ4n) is 3.95. The predicted molar refractivity (Wildman–Crippen MR) is 131 cm³/mol. The number of ether oxygens (including phenoxy) is 1. The SMILES string of the molecule is CCOc1cc(-c2ccc(-c3cc(C(F)(F)F)c(C#N)c(=O)n3Cc3ccc(F)cc3F)s2)cc(C(F)(F)F)c1. The Morgan fingerprint density at radius 2 is 1.62 bits per heavy atom. The third-order valence-electron chi connectivity index (χ3n) is 5.75. The number of hydrogen-bond donors (Lipinski definition) is 0. The molecular formula is C27H16F8N2O2S. The number of hydrogen-bond acceptors (Lipinski definition) is 4. The van der Waals surface area contributed by atoms with Crippen molar-refractivity contribution >= 4 is 11.3 Å². The van der Waals surface area contributed by atoms with E-state index in [0.717, 1.165) is 40.2 Å². The maximum Gasteiger partial charge on any atom is 0.417 e. The first-order valence-corrected chi connectivity index (χ1v) is 12.2. The van der Waals surface area contributed by atoms with Gasteiger partial charge in [-0.1, -0.05) is 6.07 Å². The van der Waals surface area contributed by atoms with Crippen LogP contribution in [0.1, 0.15) is 29.2 Å². The number of rotatable bonds is 6. The van der Waals surface area contributed by atoms with Crippen molar-refractivity contribution in [3.05, 3.63) is 98.8 Å². The lowest BCUT2D eigenvalue weighted by Crippen LogP contribution is -2.28. The summed E-state index contributed by atoms with van der Waals surface area (Å²) in [7, 11) is 0. The number of nitrogens with zero attached hydrogens (tertiary/aromatic N) is 2. The van der Waals surface area contributed by atoms with Crippen molar-refractivity contribution in [2.75, 3.05) is 6.61 Å². The van der Waals surface area contributed by atoms with Crippen LogP contribution in [0.3, 0.4) is 0 Å². The molecule has 4 aromatic rings. The van der Waals surface area contributed by atoms with Gasteiger partial charge >= 0.3 is 12.4 Å². The molecule has 4 rings (SSSR count). The van der Waals surface area contributed by atoms with Gasteiger partial charge in [0.15, 0.2) is 0 Å². The maximum absolute atomic E-state index is 14.4. The van der Waals surface area contributed by atoms with Crippen molar-refractivity contribution in [2.24, 2.45) is 0 Å². The number of pyridine rings is 1. The largest absolute Gasteiger partial charge is 0.494 e. The van der Waals surface area contributed by atoms with Crippen molar-refractivity contribution in [3.63, 3.8) is 0 Å². The number of aromatic nitrogens is 1. The van der Waals surface area contributed by atoms with Crippen LogP contribution in [0.5, 0.6) is 5.75 Å².